The minimum absolute atomic E-state index is 0.728. The largest absolute Gasteiger partial charge is 0.497 e. The third-order valence-corrected chi connectivity index (χ3v) is 3.38. The Hall–Kier alpha value is -1.38. The zero-order valence-electron chi connectivity index (χ0n) is 11.8. The van der Waals surface area contributed by atoms with Gasteiger partial charge in [0.05, 0.1) is 18.5 Å². The fourth-order valence-electron chi connectivity index (χ4n) is 2.03. The molecule has 1 aromatic rings. The maximum atomic E-state index is 5.98. The van der Waals surface area contributed by atoms with Crippen LogP contribution in [-0.4, -0.2) is 13.7 Å². The lowest BCUT2D eigenvalue weighted by molar-refractivity contribution is 0.415. The molecule has 18 heavy (non-hydrogen) atoms. The maximum absolute atomic E-state index is 5.98. The summed E-state index contributed by atoms with van der Waals surface area (Å²) in [6.07, 6.45) is 5.07. The van der Waals surface area contributed by atoms with Gasteiger partial charge in [0.2, 0.25) is 0 Å². The summed E-state index contributed by atoms with van der Waals surface area (Å²) in [6.45, 7) is 5.48. The van der Waals surface area contributed by atoms with Crippen LogP contribution in [-0.2, 0) is 0 Å². The van der Waals surface area contributed by atoms with Crippen molar-refractivity contribution in [2.75, 3.05) is 24.7 Å². The van der Waals surface area contributed by atoms with Crippen molar-refractivity contribution in [3.63, 3.8) is 0 Å². The molecule has 0 heterocycles. The molecule has 0 aromatic heterocycles. The van der Waals surface area contributed by atoms with Crippen molar-refractivity contribution in [2.24, 2.45) is 5.92 Å². The van der Waals surface area contributed by atoms with Crippen molar-refractivity contribution in [1.82, 2.24) is 0 Å². The summed E-state index contributed by atoms with van der Waals surface area (Å²) in [7, 11) is 1.65. The summed E-state index contributed by atoms with van der Waals surface area (Å²) < 4.78 is 5.14. The molecule has 0 aliphatic heterocycles. The first-order valence-electron chi connectivity index (χ1n) is 6.88. The molecule has 0 radical (unpaired) electrons. The molecule has 3 N–H and O–H groups in total. The first-order chi connectivity index (χ1) is 8.71. The van der Waals surface area contributed by atoms with Crippen LogP contribution in [0.1, 0.15) is 39.5 Å². The number of nitrogens with two attached hydrogens (primary N) is 1. The number of nitrogen functional groups attached to an aromatic ring is 1. The average molecular weight is 250 g/mol. The molecule has 0 saturated carbocycles. The second-order valence-corrected chi connectivity index (χ2v) is 4.75. The molecule has 0 saturated heterocycles. The normalized spacial score (nSPS) is 12.2. The number of rotatable bonds is 8. The van der Waals surface area contributed by atoms with E-state index in [1.165, 1.54) is 25.7 Å². The van der Waals surface area contributed by atoms with Gasteiger partial charge >= 0.3 is 0 Å². The Balaban J connectivity index is 2.51. The molecule has 1 rings (SSSR count). The molecule has 0 aliphatic carbocycles. The second-order valence-electron chi connectivity index (χ2n) is 4.75. The van der Waals surface area contributed by atoms with Crippen molar-refractivity contribution in [1.29, 1.82) is 0 Å². The van der Waals surface area contributed by atoms with Crippen molar-refractivity contribution in [2.45, 2.75) is 39.5 Å². The lowest BCUT2D eigenvalue weighted by atomic mass is 9.99. The smallest absolute Gasteiger partial charge is 0.121 e. The fourth-order valence-corrected chi connectivity index (χ4v) is 2.03. The zero-order valence-corrected chi connectivity index (χ0v) is 11.8. The summed E-state index contributed by atoms with van der Waals surface area (Å²) in [5.41, 5.74) is 7.74. The Kier molecular flexibility index (Phi) is 6.40. The molecule has 0 spiro atoms. The lowest BCUT2D eigenvalue weighted by Crippen LogP contribution is -2.14. The fraction of sp³-hybridized carbons (Fsp3) is 0.600. The summed E-state index contributed by atoms with van der Waals surface area (Å²) in [4.78, 5) is 0. The van der Waals surface area contributed by atoms with Crippen LogP contribution in [0.3, 0.4) is 0 Å². The Morgan fingerprint density at radius 1 is 1.33 bits per heavy atom. The third kappa shape index (κ3) is 4.47. The predicted octanol–water partition coefficient (Wildman–Crippen LogP) is 3.91. The Labute approximate surface area is 111 Å². The first kappa shape index (κ1) is 14.7. The lowest BCUT2D eigenvalue weighted by Gasteiger charge is -2.17. The van der Waals surface area contributed by atoms with Crippen LogP contribution in [0.25, 0.3) is 0 Å². The molecule has 0 aliphatic rings. The standard InChI is InChI=1S/C15H26N2O/c1-4-6-7-12(5-2)11-17-15-9-8-13(18-3)10-14(15)16/h8-10,12,17H,4-7,11,16H2,1-3H3. The van der Waals surface area contributed by atoms with Gasteiger partial charge in [0.15, 0.2) is 0 Å². The molecule has 3 nitrogen and oxygen atoms in total. The molecular weight excluding hydrogens is 224 g/mol. The Bertz CT molecular complexity index is 352. The van der Waals surface area contributed by atoms with Crippen molar-refractivity contribution in [3.05, 3.63) is 18.2 Å². The highest BCUT2D eigenvalue weighted by molar-refractivity contribution is 5.68. The van der Waals surface area contributed by atoms with E-state index in [0.29, 0.717) is 0 Å². The number of anilines is 2. The molecule has 1 atom stereocenters. The van der Waals surface area contributed by atoms with Gasteiger partial charge in [-0.3, -0.25) is 0 Å². The van der Waals surface area contributed by atoms with Crippen molar-refractivity contribution >= 4 is 11.4 Å². The number of methoxy groups -OCH3 is 1. The van der Waals surface area contributed by atoms with Crippen LogP contribution in [0.5, 0.6) is 5.75 Å². The van der Waals surface area contributed by atoms with E-state index >= 15 is 0 Å². The third-order valence-electron chi connectivity index (χ3n) is 3.38. The van der Waals surface area contributed by atoms with E-state index in [9.17, 15) is 0 Å². The quantitative estimate of drug-likeness (QED) is 0.688. The second kappa shape index (κ2) is 7.85. The van der Waals surface area contributed by atoms with Gasteiger partial charge in [-0.15, -0.1) is 0 Å². The summed E-state index contributed by atoms with van der Waals surface area (Å²) in [5, 5.41) is 3.44. The van der Waals surface area contributed by atoms with Crippen LogP contribution in [0.2, 0.25) is 0 Å². The van der Waals surface area contributed by atoms with E-state index in [0.717, 1.165) is 29.6 Å². The number of unbranched alkanes of at least 4 members (excludes halogenated alkanes) is 1. The molecular formula is C15H26N2O. The minimum atomic E-state index is 0.728. The summed E-state index contributed by atoms with van der Waals surface area (Å²) in [5.74, 6) is 1.53. The molecule has 3 heteroatoms. The Morgan fingerprint density at radius 2 is 2.11 bits per heavy atom. The van der Waals surface area contributed by atoms with Gasteiger partial charge < -0.3 is 15.8 Å². The van der Waals surface area contributed by atoms with Crippen LogP contribution in [0.4, 0.5) is 11.4 Å². The van der Waals surface area contributed by atoms with Crippen LogP contribution in [0.15, 0.2) is 18.2 Å². The van der Waals surface area contributed by atoms with Gasteiger partial charge in [0, 0.05) is 12.6 Å². The summed E-state index contributed by atoms with van der Waals surface area (Å²) >= 11 is 0. The van der Waals surface area contributed by atoms with E-state index in [-0.39, 0.29) is 0 Å². The summed E-state index contributed by atoms with van der Waals surface area (Å²) in [6, 6.07) is 5.78. The van der Waals surface area contributed by atoms with Crippen molar-refractivity contribution < 1.29 is 4.74 Å². The van der Waals surface area contributed by atoms with Gasteiger partial charge in [0.25, 0.3) is 0 Å². The van der Waals surface area contributed by atoms with Crippen molar-refractivity contribution in [3.8, 4) is 5.75 Å². The number of hydrogen-bond donors (Lipinski definition) is 2. The topological polar surface area (TPSA) is 47.3 Å². The number of ether oxygens (including phenoxy) is 1. The van der Waals surface area contributed by atoms with Gasteiger partial charge in [-0.2, -0.15) is 0 Å². The predicted molar refractivity (Wildman–Crippen MR) is 79.2 cm³/mol. The Morgan fingerprint density at radius 3 is 2.67 bits per heavy atom. The highest BCUT2D eigenvalue weighted by Gasteiger charge is 2.07. The van der Waals surface area contributed by atoms with E-state index in [1.54, 1.807) is 7.11 Å². The number of hydrogen-bond acceptors (Lipinski definition) is 3. The molecule has 0 amide bonds. The molecule has 0 bridgehead atoms. The van der Waals surface area contributed by atoms with E-state index in [1.807, 2.05) is 18.2 Å². The molecule has 1 unspecified atom stereocenters. The van der Waals surface area contributed by atoms with Gasteiger partial charge in [-0.05, 0) is 24.5 Å². The molecule has 0 fully saturated rings. The van der Waals surface area contributed by atoms with Crippen LogP contribution < -0.4 is 15.8 Å². The maximum Gasteiger partial charge on any atom is 0.121 e. The van der Waals surface area contributed by atoms with Crippen LogP contribution >= 0.6 is 0 Å². The van der Waals surface area contributed by atoms with Gasteiger partial charge in [0.1, 0.15) is 5.75 Å². The molecule has 1 aromatic carbocycles. The SMILES string of the molecule is CCCCC(CC)CNc1ccc(OC)cc1N. The van der Waals surface area contributed by atoms with Crippen LogP contribution in [0, 0.1) is 5.92 Å². The number of nitrogens with one attached hydrogen (secondary N) is 1. The monoisotopic (exact) mass is 250 g/mol. The van der Waals surface area contributed by atoms with Gasteiger partial charge in [-0.1, -0.05) is 33.1 Å². The van der Waals surface area contributed by atoms with E-state index in [2.05, 4.69) is 19.2 Å². The average Bonchev–Trinajstić information content (AvgIpc) is 2.40. The van der Waals surface area contributed by atoms with E-state index < -0.39 is 0 Å². The zero-order chi connectivity index (χ0) is 13.4. The highest BCUT2D eigenvalue weighted by atomic mass is 16.5. The molecule has 102 valence electrons. The van der Waals surface area contributed by atoms with Gasteiger partial charge in [-0.25, -0.2) is 0 Å². The number of benzene rings is 1. The highest BCUT2D eigenvalue weighted by Crippen LogP contribution is 2.24. The minimum Gasteiger partial charge on any atom is -0.497 e. The van der Waals surface area contributed by atoms with E-state index in [4.69, 9.17) is 10.5 Å². The first-order valence-corrected chi connectivity index (χ1v) is 6.88.